The average Bonchev–Trinajstić information content (AvgIpc) is 2.32. The van der Waals surface area contributed by atoms with Crippen LogP contribution in [0.15, 0.2) is 41.0 Å². The van der Waals surface area contributed by atoms with Gasteiger partial charge in [0.25, 0.3) is 0 Å². The molecule has 0 aliphatic rings. The third kappa shape index (κ3) is 2.97. The smallest absolute Gasteiger partial charge is 0.131 e. The van der Waals surface area contributed by atoms with Crippen molar-refractivity contribution in [2.75, 3.05) is 12.4 Å². The summed E-state index contributed by atoms with van der Waals surface area (Å²) in [6, 6.07) is 11.7. The van der Waals surface area contributed by atoms with Gasteiger partial charge in [-0.25, -0.2) is 4.98 Å². The number of methoxy groups -OCH3 is 1. The van der Waals surface area contributed by atoms with E-state index in [0.29, 0.717) is 0 Å². The minimum absolute atomic E-state index is 0.813. The highest BCUT2D eigenvalue weighted by molar-refractivity contribution is 9.10. The second-order valence-corrected chi connectivity index (χ2v) is 4.46. The molecule has 1 N–H and O–H groups in total. The lowest BCUT2D eigenvalue weighted by molar-refractivity contribution is 0.414. The van der Waals surface area contributed by atoms with Gasteiger partial charge in [-0.3, -0.25) is 0 Å². The van der Waals surface area contributed by atoms with Gasteiger partial charge < -0.3 is 10.1 Å². The van der Waals surface area contributed by atoms with Crippen LogP contribution in [0.3, 0.4) is 0 Å². The molecule has 3 nitrogen and oxygen atoms in total. The van der Waals surface area contributed by atoms with E-state index in [1.165, 1.54) is 0 Å². The standard InChI is InChI=1S/C13H13BrN2O/c1-9-8-10(17-2)6-7-11(9)15-13-5-3-4-12(14)16-13/h3-8H,1-2H3,(H,15,16). The zero-order chi connectivity index (χ0) is 12.3. The second-order valence-electron chi connectivity index (χ2n) is 3.65. The Hall–Kier alpha value is -1.55. The summed E-state index contributed by atoms with van der Waals surface area (Å²) in [5, 5.41) is 3.27. The summed E-state index contributed by atoms with van der Waals surface area (Å²) in [7, 11) is 1.66. The number of rotatable bonds is 3. The fraction of sp³-hybridized carbons (Fsp3) is 0.154. The van der Waals surface area contributed by atoms with Crippen molar-refractivity contribution in [3.63, 3.8) is 0 Å². The average molecular weight is 293 g/mol. The predicted molar refractivity (Wildman–Crippen MR) is 73.0 cm³/mol. The fourth-order valence-corrected chi connectivity index (χ4v) is 1.86. The summed E-state index contributed by atoms with van der Waals surface area (Å²) in [5.74, 6) is 1.67. The van der Waals surface area contributed by atoms with Crippen LogP contribution in [-0.4, -0.2) is 12.1 Å². The number of benzene rings is 1. The monoisotopic (exact) mass is 292 g/mol. The molecule has 88 valence electrons. The first-order chi connectivity index (χ1) is 8.19. The van der Waals surface area contributed by atoms with Crippen molar-refractivity contribution in [2.24, 2.45) is 0 Å². The number of aryl methyl sites for hydroxylation is 1. The van der Waals surface area contributed by atoms with Crippen LogP contribution in [0, 0.1) is 6.92 Å². The number of hydrogen-bond donors (Lipinski definition) is 1. The molecule has 1 aromatic carbocycles. The first kappa shape index (κ1) is 11.9. The normalized spacial score (nSPS) is 10.1. The van der Waals surface area contributed by atoms with Crippen molar-refractivity contribution in [3.8, 4) is 5.75 Å². The number of pyridine rings is 1. The maximum Gasteiger partial charge on any atom is 0.131 e. The van der Waals surface area contributed by atoms with Crippen molar-refractivity contribution < 1.29 is 4.74 Å². The molecule has 0 saturated carbocycles. The Bertz CT molecular complexity index is 529. The summed E-state index contributed by atoms with van der Waals surface area (Å²) in [6.07, 6.45) is 0. The number of anilines is 2. The topological polar surface area (TPSA) is 34.1 Å². The maximum absolute atomic E-state index is 5.17. The van der Waals surface area contributed by atoms with Crippen LogP contribution in [0.5, 0.6) is 5.75 Å². The molecule has 0 aliphatic heterocycles. The SMILES string of the molecule is COc1ccc(Nc2cccc(Br)n2)c(C)c1. The Labute approximate surface area is 109 Å². The molecule has 0 bridgehead atoms. The number of nitrogens with zero attached hydrogens (tertiary/aromatic N) is 1. The molecular weight excluding hydrogens is 280 g/mol. The largest absolute Gasteiger partial charge is 0.497 e. The molecule has 0 aliphatic carbocycles. The Kier molecular flexibility index (Phi) is 3.64. The van der Waals surface area contributed by atoms with E-state index in [2.05, 4.69) is 26.2 Å². The lowest BCUT2D eigenvalue weighted by atomic mass is 10.2. The highest BCUT2D eigenvalue weighted by Crippen LogP contribution is 2.24. The third-order valence-corrected chi connectivity index (χ3v) is 2.85. The Morgan fingerprint density at radius 3 is 2.71 bits per heavy atom. The van der Waals surface area contributed by atoms with Crippen LogP contribution in [0.4, 0.5) is 11.5 Å². The van der Waals surface area contributed by atoms with Crippen LogP contribution in [0.1, 0.15) is 5.56 Å². The molecule has 0 radical (unpaired) electrons. The molecule has 0 fully saturated rings. The molecule has 2 aromatic rings. The molecule has 0 atom stereocenters. The van der Waals surface area contributed by atoms with E-state index >= 15 is 0 Å². The minimum Gasteiger partial charge on any atom is -0.497 e. The van der Waals surface area contributed by atoms with Crippen molar-refractivity contribution in [1.29, 1.82) is 0 Å². The van der Waals surface area contributed by atoms with Crippen LogP contribution in [0.2, 0.25) is 0 Å². The first-order valence-corrected chi connectivity index (χ1v) is 6.02. The van der Waals surface area contributed by atoms with Crippen LogP contribution < -0.4 is 10.1 Å². The van der Waals surface area contributed by atoms with E-state index in [-0.39, 0.29) is 0 Å². The predicted octanol–water partition coefficient (Wildman–Crippen LogP) is 3.90. The Morgan fingerprint density at radius 2 is 2.06 bits per heavy atom. The van der Waals surface area contributed by atoms with Gasteiger partial charge in [0.2, 0.25) is 0 Å². The van der Waals surface area contributed by atoms with Crippen LogP contribution in [0.25, 0.3) is 0 Å². The quantitative estimate of drug-likeness (QED) is 0.871. The van der Waals surface area contributed by atoms with Gasteiger partial charge in [-0.1, -0.05) is 6.07 Å². The zero-order valence-corrected chi connectivity index (χ0v) is 11.3. The third-order valence-electron chi connectivity index (χ3n) is 2.41. The fourth-order valence-electron chi connectivity index (χ4n) is 1.52. The number of ether oxygens (including phenoxy) is 1. The molecule has 2 rings (SSSR count). The Balaban J connectivity index is 2.24. The number of nitrogens with one attached hydrogen (secondary N) is 1. The molecular formula is C13H13BrN2O. The van der Waals surface area contributed by atoms with Crippen molar-refractivity contribution >= 4 is 27.4 Å². The van der Waals surface area contributed by atoms with Gasteiger partial charge in [0.15, 0.2) is 0 Å². The number of halogens is 1. The van der Waals surface area contributed by atoms with Gasteiger partial charge in [0.05, 0.1) is 7.11 Å². The summed E-state index contributed by atoms with van der Waals surface area (Å²) < 4.78 is 5.98. The van der Waals surface area contributed by atoms with Gasteiger partial charge in [-0.2, -0.15) is 0 Å². The number of aromatic nitrogens is 1. The van der Waals surface area contributed by atoms with Crippen LogP contribution in [-0.2, 0) is 0 Å². The minimum atomic E-state index is 0.813. The summed E-state index contributed by atoms with van der Waals surface area (Å²) in [4.78, 5) is 4.33. The van der Waals surface area contributed by atoms with E-state index in [1.807, 2.05) is 43.3 Å². The van der Waals surface area contributed by atoms with Gasteiger partial charge in [-0.15, -0.1) is 0 Å². The van der Waals surface area contributed by atoms with Gasteiger partial charge in [-0.05, 0) is 58.7 Å². The van der Waals surface area contributed by atoms with E-state index in [0.717, 1.165) is 27.4 Å². The van der Waals surface area contributed by atoms with Gasteiger partial charge >= 0.3 is 0 Å². The molecule has 0 unspecified atom stereocenters. The summed E-state index contributed by atoms with van der Waals surface area (Å²) in [5.41, 5.74) is 2.14. The van der Waals surface area contributed by atoms with Crippen molar-refractivity contribution in [1.82, 2.24) is 4.98 Å². The summed E-state index contributed by atoms with van der Waals surface area (Å²) in [6.45, 7) is 2.03. The molecule has 17 heavy (non-hydrogen) atoms. The molecule has 1 aromatic heterocycles. The molecule has 4 heteroatoms. The second kappa shape index (κ2) is 5.19. The Morgan fingerprint density at radius 1 is 1.24 bits per heavy atom. The highest BCUT2D eigenvalue weighted by Gasteiger charge is 2.02. The van der Waals surface area contributed by atoms with E-state index < -0.39 is 0 Å². The maximum atomic E-state index is 5.17. The molecule has 0 amide bonds. The summed E-state index contributed by atoms with van der Waals surface area (Å²) >= 11 is 3.35. The lowest BCUT2D eigenvalue weighted by Crippen LogP contribution is -1.96. The zero-order valence-electron chi connectivity index (χ0n) is 9.70. The van der Waals surface area contributed by atoms with E-state index in [9.17, 15) is 0 Å². The van der Waals surface area contributed by atoms with Crippen molar-refractivity contribution in [3.05, 3.63) is 46.6 Å². The van der Waals surface area contributed by atoms with Crippen molar-refractivity contribution in [2.45, 2.75) is 6.92 Å². The molecule has 0 spiro atoms. The van der Waals surface area contributed by atoms with Gasteiger partial charge in [0, 0.05) is 5.69 Å². The molecule has 1 heterocycles. The first-order valence-electron chi connectivity index (χ1n) is 5.23. The number of hydrogen-bond acceptors (Lipinski definition) is 3. The van der Waals surface area contributed by atoms with Crippen LogP contribution >= 0.6 is 15.9 Å². The van der Waals surface area contributed by atoms with Gasteiger partial charge in [0.1, 0.15) is 16.2 Å². The highest BCUT2D eigenvalue weighted by atomic mass is 79.9. The van der Waals surface area contributed by atoms with E-state index in [4.69, 9.17) is 4.74 Å². The van der Waals surface area contributed by atoms with E-state index in [1.54, 1.807) is 7.11 Å². The lowest BCUT2D eigenvalue weighted by Gasteiger charge is -2.10. The molecule has 0 saturated heterocycles.